The van der Waals surface area contributed by atoms with Gasteiger partial charge in [0.15, 0.2) is 0 Å². The molecular weight excluding hydrogens is 302 g/mol. The number of anilines is 1. The fraction of sp³-hybridized carbons (Fsp3) is 0.125. The van der Waals surface area contributed by atoms with Crippen molar-refractivity contribution in [1.82, 2.24) is 4.57 Å². The number of aromatic nitrogens is 2. The van der Waals surface area contributed by atoms with E-state index in [-0.39, 0.29) is 6.54 Å². The summed E-state index contributed by atoms with van der Waals surface area (Å²) >= 11 is 5.89. The van der Waals surface area contributed by atoms with Gasteiger partial charge in [-0.25, -0.2) is 9.13 Å². The number of halogens is 1. The number of nitrogen functional groups attached to an aromatic ring is 1. The van der Waals surface area contributed by atoms with E-state index in [2.05, 4.69) is 0 Å². The molecule has 0 aliphatic carbocycles. The normalized spacial score (nSPS) is 11.0. The van der Waals surface area contributed by atoms with Crippen molar-refractivity contribution in [2.45, 2.75) is 13.1 Å². The number of carbonyl (C=O) groups is 1. The summed E-state index contributed by atoms with van der Waals surface area (Å²) in [5, 5.41) is 11.6. The molecule has 2 aromatic carbocycles. The van der Waals surface area contributed by atoms with Crippen molar-refractivity contribution < 1.29 is 14.5 Å². The second-order valence-electron chi connectivity index (χ2n) is 5.02. The molecule has 3 rings (SSSR count). The molecule has 0 amide bonds. The zero-order valence-corrected chi connectivity index (χ0v) is 12.5. The maximum absolute atomic E-state index is 11.0. The van der Waals surface area contributed by atoms with E-state index in [0.717, 1.165) is 16.6 Å². The molecule has 0 radical (unpaired) electrons. The molecule has 0 unspecified atom stereocenters. The van der Waals surface area contributed by atoms with Crippen LogP contribution in [0.5, 0.6) is 0 Å². The molecule has 0 saturated heterocycles. The Bertz CT molecular complexity index is 840. The SMILES string of the molecule is Nc1n(CC(=O)[O-])c2ccccc2[n+]1Cc1ccc(Cl)cc1. The van der Waals surface area contributed by atoms with Crippen LogP contribution in [0.15, 0.2) is 48.5 Å². The Morgan fingerprint density at radius 3 is 2.55 bits per heavy atom. The third-order valence-corrected chi connectivity index (χ3v) is 3.81. The van der Waals surface area contributed by atoms with Crippen LogP contribution in [0.25, 0.3) is 11.0 Å². The van der Waals surface area contributed by atoms with Crippen LogP contribution < -0.4 is 15.4 Å². The number of imidazole rings is 1. The van der Waals surface area contributed by atoms with E-state index in [4.69, 9.17) is 17.3 Å². The van der Waals surface area contributed by atoms with Gasteiger partial charge in [-0.15, -0.1) is 0 Å². The monoisotopic (exact) mass is 315 g/mol. The Labute approximate surface area is 132 Å². The topological polar surface area (TPSA) is 75.0 Å². The largest absolute Gasteiger partial charge is 0.547 e. The Morgan fingerprint density at radius 2 is 1.86 bits per heavy atom. The van der Waals surface area contributed by atoms with Crippen molar-refractivity contribution in [1.29, 1.82) is 0 Å². The minimum atomic E-state index is -1.17. The van der Waals surface area contributed by atoms with Crippen LogP contribution in [0.3, 0.4) is 0 Å². The predicted molar refractivity (Wildman–Crippen MR) is 82.1 cm³/mol. The second kappa shape index (κ2) is 5.69. The van der Waals surface area contributed by atoms with Crippen LogP contribution in [0.2, 0.25) is 5.02 Å². The van der Waals surface area contributed by atoms with E-state index in [0.29, 0.717) is 17.5 Å². The summed E-state index contributed by atoms with van der Waals surface area (Å²) in [5.74, 6) is -0.800. The number of fused-ring (bicyclic) bond motifs is 1. The van der Waals surface area contributed by atoms with Crippen LogP contribution in [0, 0.1) is 0 Å². The van der Waals surface area contributed by atoms with Crippen molar-refractivity contribution >= 4 is 34.6 Å². The highest BCUT2D eigenvalue weighted by molar-refractivity contribution is 6.30. The molecule has 0 spiro atoms. The first-order valence-corrected chi connectivity index (χ1v) is 7.15. The lowest BCUT2D eigenvalue weighted by Gasteiger charge is -2.03. The summed E-state index contributed by atoms with van der Waals surface area (Å²) < 4.78 is 3.42. The van der Waals surface area contributed by atoms with Crippen molar-refractivity contribution in [3.63, 3.8) is 0 Å². The number of carbonyl (C=O) groups excluding carboxylic acids is 1. The van der Waals surface area contributed by atoms with Gasteiger partial charge in [-0.2, -0.15) is 0 Å². The van der Waals surface area contributed by atoms with E-state index in [1.807, 2.05) is 53.1 Å². The number of para-hydroxylation sites is 2. The number of benzene rings is 2. The predicted octanol–water partition coefficient (Wildman–Crippen LogP) is 0.963. The van der Waals surface area contributed by atoms with Crippen LogP contribution in [-0.4, -0.2) is 10.5 Å². The Hall–Kier alpha value is -2.53. The highest BCUT2D eigenvalue weighted by Crippen LogP contribution is 2.17. The summed E-state index contributed by atoms with van der Waals surface area (Å²) in [4.78, 5) is 11.0. The lowest BCUT2D eigenvalue weighted by molar-refractivity contribution is -0.648. The molecular formula is C16H14ClN3O2. The molecule has 0 fully saturated rings. The van der Waals surface area contributed by atoms with Gasteiger partial charge in [0, 0.05) is 5.02 Å². The van der Waals surface area contributed by atoms with Gasteiger partial charge in [-0.05, 0) is 29.8 Å². The van der Waals surface area contributed by atoms with Gasteiger partial charge < -0.3 is 9.90 Å². The molecule has 0 aliphatic rings. The van der Waals surface area contributed by atoms with Crippen LogP contribution >= 0.6 is 11.6 Å². The van der Waals surface area contributed by atoms with E-state index < -0.39 is 5.97 Å². The summed E-state index contributed by atoms with van der Waals surface area (Å²) in [5.41, 5.74) is 8.81. The molecule has 0 aliphatic heterocycles. The zero-order chi connectivity index (χ0) is 15.7. The minimum Gasteiger partial charge on any atom is -0.547 e. The van der Waals surface area contributed by atoms with Gasteiger partial charge in [0.05, 0.1) is 12.5 Å². The quantitative estimate of drug-likeness (QED) is 0.729. The number of carboxylic acid groups (broad SMARTS) is 1. The number of rotatable bonds is 4. The van der Waals surface area contributed by atoms with Crippen LogP contribution in [-0.2, 0) is 17.9 Å². The Morgan fingerprint density at radius 1 is 1.18 bits per heavy atom. The maximum Gasteiger partial charge on any atom is 0.356 e. The minimum absolute atomic E-state index is 0.278. The summed E-state index contributed by atoms with van der Waals surface area (Å²) in [7, 11) is 0. The molecule has 0 saturated carbocycles. The van der Waals surface area contributed by atoms with Gasteiger partial charge in [0.25, 0.3) is 0 Å². The molecule has 1 aromatic heterocycles. The number of aliphatic carboxylic acids is 1. The third kappa shape index (κ3) is 2.63. The van der Waals surface area contributed by atoms with Crippen molar-refractivity contribution in [3.8, 4) is 0 Å². The van der Waals surface area contributed by atoms with Crippen molar-refractivity contribution in [2.24, 2.45) is 0 Å². The number of carboxylic acids is 1. The third-order valence-electron chi connectivity index (χ3n) is 3.56. The zero-order valence-electron chi connectivity index (χ0n) is 11.7. The second-order valence-corrected chi connectivity index (χ2v) is 5.45. The molecule has 112 valence electrons. The number of hydrogen-bond acceptors (Lipinski definition) is 3. The molecule has 3 aromatic rings. The average Bonchev–Trinajstić information content (AvgIpc) is 2.75. The van der Waals surface area contributed by atoms with Crippen LogP contribution in [0.1, 0.15) is 5.56 Å². The summed E-state index contributed by atoms with van der Waals surface area (Å²) in [6.07, 6.45) is 0. The van der Waals surface area contributed by atoms with E-state index in [9.17, 15) is 9.90 Å². The lowest BCUT2D eigenvalue weighted by atomic mass is 10.2. The number of nitrogens with zero attached hydrogens (tertiary/aromatic N) is 2. The first kappa shape index (κ1) is 14.4. The fourth-order valence-corrected chi connectivity index (χ4v) is 2.67. The van der Waals surface area contributed by atoms with Gasteiger partial charge in [-0.3, -0.25) is 5.73 Å². The van der Waals surface area contributed by atoms with E-state index >= 15 is 0 Å². The van der Waals surface area contributed by atoms with Crippen molar-refractivity contribution in [3.05, 3.63) is 59.1 Å². The lowest BCUT2D eigenvalue weighted by Crippen LogP contribution is -2.38. The van der Waals surface area contributed by atoms with E-state index in [1.54, 1.807) is 4.57 Å². The fourth-order valence-electron chi connectivity index (χ4n) is 2.55. The standard InChI is InChI=1S/C16H14ClN3O2/c17-12-7-5-11(6-8-12)9-19-13-3-1-2-4-14(13)20(16(19)18)10-15(21)22/h1-8,18H,9-10H2,(H,21,22). The molecule has 2 N–H and O–H groups in total. The first-order valence-electron chi connectivity index (χ1n) is 6.77. The molecule has 6 heteroatoms. The average molecular weight is 316 g/mol. The number of nitrogens with two attached hydrogens (primary N) is 1. The van der Waals surface area contributed by atoms with Gasteiger partial charge in [0.2, 0.25) is 0 Å². The smallest absolute Gasteiger partial charge is 0.356 e. The first-order chi connectivity index (χ1) is 10.6. The maximum atomic E-state index is 11.0. The summed E-state index contributed by atoms with van der Waals surface area (Å²) in [6, 6.07) is 14.9. The molecule has 1 heterocycles. The van der Waals surface area contributed by atoms with E-state index in [1.165, 1.54) is 0 Å². The van der Waals surface area contributed by atoms with Crippen LogP contribution in [0.4, 0.5) is 5.95 Å². The molecule has 0 atom stereocenters. The molecule has 5 nitrogen and oxygen atoms in total. The molecule has 0 bridgehead atoms. The highest BCUT2D eigenvalue weighted by atomic mass is 35.5. The van der Waals surface area contributed by atoms with Crippen molar-refractivity contribution in [2.75, 3.05) is 5.73 Å². The van der Waals surface area contributed by atoms with Gasteiger partial charge in [-0.1, -0.05) is 35.9 Å². The number of hydrogen-bond donors (Lipinski definition) is 1. The Kier molecular flexibility index (Phi) is 3.73. The van der Waals surface area contributed by atoms with Gasteiger partial charge >= 0.3 is 5.95 Å². The molecule has 22 heavy (non-hydrogen) atoms. The highest BCUT2D eigenvalue weighted by Gasteiger charge is 2.20. The van der Waals surface area contributed by atoms with Gasteiger partial charge in [0.1, 0.15) is 17.6 Å². The summed E-state index contributed by atoms with van der Waals surface area (Å²) in [6.45, 7) is 0.253. The Balaban J connectivity index is 2.10.